The van der Waals surface area contributed by atoms with Gasteiger partial charge < -0.3 is 0 Å². The Hall–Kier alpha value is -0.721. The van der Waals surface area contributed by atoms with Crippen LogP contribution in [0, 0.1) is 11.8 Å². The molecule has 0 unspecified atom stereocenters. The maximum atomic E-state index is 5.22. The molecule has 0 saturated carbocycles. The summed E-state index contributed by atoms with van der Waals surface area (Å²) < 4.78 is 11.1. The van der Waals surface area contributed by atoms with E-state index in [9.17, 15) is 0 Å². The zero-order valence-corrected chi connectivity index (χ0v) is 20.3. The average Bonchev–Trinajstić information content (AvgIpc) is 2.68. The second-order valence-electron chi connectivity index (χ2n) is 7.29. The predicted molar refractivity (Wildman–Crippen MR) is 119 cm³/mol. The van der Waals surface area contributed by atoms with Gasteiger partial charge in [0.25, 0.3) is 0 Å². The normalized spacial score (nSPS) is 11.9. The van der Waals surface area contributed by atoms with Crippen molar-refractivity contribution in [1.29, 1.82) is 0 Å². The number of unbranched alkanes of at least 4 members (excludes halogenated alkanes) is 3. The summed E-state index contributed by atoms with van der Waals surface area (Å²) in [5.74, 6) is 6.92. The quantitative estimate of drug-likeness (QED) is 0.238. The van der Waals surface area contributed by atoms with Crippen molar-refractivity contribution >= 4 is 24.5 Å². The van der Waals surface area contributed by atoms with Gasteiger partial charge >= 0.3 is 167 Å². The minimum absolute atomic E-state index is 0.531. The summed E-state index contributed by atoms with van der Waals surface area (Å²) in [5, 5.41) is 0. The first-order chi connectivity index (χ1) is 12.7. The molecule has 0 aliphatic rings. The third-order valence-corrected chi connectivity index (χ3v) is 20.4. The van der Waals surface area contributed by atoms with E-state index in [1.807, 2.05) is 0 Å². The molecular formula is C24H38OSn. The molecule has 0 atom stereocenters. The van der Waals surface area contributed by atoms with Gasteiger partial charge in [-0.2, -0.15) is 0 Å². The van der Waals surface area contributed by atoms with E-state index in [1.54, 1.807) is 7.11 Å². The summed E-state index contributed by atoms with van der Waals surface area (Å²) in [4.78, 5) is 0. The first-order valence-electron chi connectivity index (χ1n) is 10.5. The first-order valence-corrected chi connectivity index (χ1v) is 18.0. The predicted octanol–water partition coefficient (Wildman–Crippen LogP) is 7.11. The molecule has 0 fully saturated rings. The summed E-state index contributed by atoms with van der Waals surface area (Å²) in [6, 6.07) is 10.8. The van der Waals surface area contributed by atoms with Crippen LogP contribution in [0.15, 0.2) is 33.9 Å². The molecule has 0 N–H and O–H groups in total. The van der Waals surface area contributed by atoms with E-state index >= 15 is 0 Å². The Morgan fingerprint density at radius 2 is 1.46 bits per heavy atom. The van der Waals surface area contributed by atoms with Crippen LogP contribution >= 0.6 is 0 Å². The van der Waals surface area contributed by atoms with Gasteiger partial charge in [0.2, 0.25) is 0 Å². The van der Waals surface area contributed by atoms with Crippen molar-refractivity contribution in [2.75, 3.05) is 13.7 Å². The van der Waals surface area contributed by atoms with Gasteiger partial charge in [-0.1, -0.05) is 0 Å². The molecule has 0 aliphatic heterocycles. The molecule has 0 aliphatic carbocycles. The van der Waals surface area contributed by atoms with Crippen molar-refractivity contribution in [3.05, 3.63) is 39.5 Å². The molecule has 0 radical (unpaired) electrons. The van der Waals surface area contributed by atoms with Crippen LogP contribution in [-0.4, -0.2) is 32.1 Å². The Balaban J connectivity index is 3.35. The molecule has 0 saturated heterocycles. The fourth-order valence-corrected chi connectivity index (χ4v) is 19.2. The van der Waals surface area contributed by atoms with Crippen molar-refractivity contribution in [2.45, 2.75) is 72.6 Å². The molecule has 0 amide bonds. The summed E-state index contributed by atoms with van der Waals surface area (Å²) in [6.45, 7) is 7.51. The van der Waals surface area contributed by atoms with E-state index < -0.39 is 18.4 Å². The summed E-state index contributed by atoms with van der Waals surface area (Å²) in [6.07, 6.45) is 10.4. The molecule has 0 heterocycles. The number of ether oxygens (including phenoxy) is 1. The van der Waals surface area contributed by atoms with Crippen LogP contribution in [0.5, 0.6) is 0 Å². The van der Waals surface area contributed by atoms with E-state index in [0.29, 0.717) is 6.61 Å². The Kier molecular flexibility index (Phi) is 12.9. The van der Waals surface area contributed by atoms with Gasteiger partial charge in [-0.05, 0) is 0 Å². The van der Waals surface area contributed by atoms with Crippen LogP contribution < -0.4 is 0 Å². The minimum atomic E-state index is -2.51. The molecular weight excluding hydrogens is 423 g/mol. The Morgan fingerprint density at radius 1 is 0.923 bits per heavy atom. The number of rotatable bonds is 12. The summed E-state index contributed by atoms with van der Waals surface area (Å²) in [5.41, 5.74) is 1.31. The van der Waals surface area contributed by atoms with Crippen LogP contribution in [-0.2, 0) is 4.74 Å². The van der Waals surface area contributed by atoms with E-state index in [-0.39, 0.29) is 0 Å². The number of hydrogen-bond acceptors (Lipinski definition) is 1. The van der Waals surface area contributed by atoms with Crippen molar-refractivity contribution in [2.24, 2.45) is 0 Å². The topological polar surface area (TPSA) is 9.23 Å². The van der Waals surface area contributed by atoms with Crippen molar-refractivity contribution in [3.8, 4) is 11.8 Å². The number of benzene rings is 1. The molecule has 0 aromatic heterocycles. The molecule has 144 valence electrons. The summed E-state index contributed by atoms with van der Waals surface area (Å²) in [7, 11) is 1.73. The Morgan fingerprint density at radius 3 is 1.92 bits per heavy atom. The van der Waals surface area contributed by atoms with E-state index in [0.717, 1.165) is 0 Å². The molecule has 0 bridgehead atoms. The molecule has 1 aromatic rings. The molecule has 1 nitrogen and oxygen atoms in total. The summed E-state index contributed by atoms with van der Waals surface area (Å²) >= 11 is -2.51. The monoisotopic (exact) mass is 462 g/mol. The van der Waals surface area contributed by atoms with Gasteiger partial charge in [-0.25, -0.2) is 0 Å². The number of methoxy groups -OCH3 is 1. The fourth-order valence-electron chi connectivity index (χ4n) is 3.57. The first kappa shape index (κ1) is 23.3. The van der Waals surface area contributed by atoms with Crippen LogP contribution in [0.2, 0.25) is 13.3 Å². The average molecular weight is 461 g/mol. The molecule has 2 heteroatoms. The van der Waals surface area contributed by atoms with Gasteiger partial charge in [0.05, 0.1) is 0 Å². The zero-order chi connectivity index (χ0) is 19.1. The number of allylic oxidation sites excluding steroid dienone is 1. The van der Waals surface area contributed by atoms with Crippen LogP contribution in [0.25, 0.3) is 6.08 Å². The standard InChI is InChI=1S/C12H11O.3C4H9.Sn/c1-13-11-7-3-6-10-12-8-4-2-5-9-12;3*1-3-4-2;/h2,4-5,8-10H,11H2,1H3;3*1,3-4H2,2H3;. The Labute approximate surface area is 166 Å². The van der Waals surface area contributed by atoms with Crippen molar-refractivity contribution in [3.63, 3.8) is 0 Å². The SMILES string of the molecule is CCC[CH2][Sn]([CH2]CCC)([CH2]CCC)/[C](C#CCOC)=C/c1ccccc1. The fraction of sp³-hybridized carbons (Fsp3) is 0.583. The van der Waals surface area contributed by atoms with Crippen LogP contribution in [0.4, 0.5) is 0 Å². The van der Waals surface area contributed by atoms with Gasteiger partial charge in [-0.3, -0.25) is 0 Å². The van der Waals surface area contributed by atoms with Gasteiger partial charge in [0.15, 0.2) is 0 Å². The van der Waals surface area contributed by atoms with Gasteiger partial charge in [0, 0.05) is 0 Å². The van der Waals surface area contributed by atoms with E-state index in [1.165, 1.54) is 61.0 Å². The van der Waals surface area contributed by atoms with Crippen molar-refractivity contribution in [1.82, 2.24) is 0 Å². The molecule has 0 spiro atoms. The number of hydrogen-bond donors (Lipinski definition) is 0. The van der Waals surface area contributed by atoms with E-state index in [4.69, 9.17) is 4.74 Å². The van der Waals surface area contributed by atoms with Crippen LogP contribution in [0.3, 0.4) is 0 Å². The third-order valence-electron chi connectivity index (χ3n) is 5.15. The van der Waals surface area contributed by atoms with Gasteiger partial charge in [0.1, 0.15) is 0 Å². The maximum absolute atomic E-state index is 5.22. The van der Waals surface area contributed by atoms with Gasteiger partial charge in [-0.15, -0.1) is 0 Å². The van der Waals surface area contributed by atoms with Crippen molar-refractivity contribution < 1.29 is 4.74 Å². The second kappa shape index (κ2) is 14.4. The Bertz CT molecular complexity index is 543. The van der Waals surface area contributed by atoms with Crippen LogP contribution in [0.1, 0.15) is 64.9 Å². The zero-order valence-electron chi connectivity index (χ0n) is 17.4. The molecule has 1 rings (SSSR count). The molecule has 26 heavy (non-hydrogen) atoms. The second-order valence-corrected chi connectivity index (χ2v) is 20.4. The van der Waals surface area contributed by atoms with E-state index in [2.05, 4.69) is 69.0 Å². The molecule has 1 aromatic carbocycles. The third kappa shape index (κ3) is 8.31.